The molecule has 0 spiro atoms. The maximum Gasteiger partial charge on any atom is 0.243 e. The van der Waals surface area contributed by atoms with E-state index in [0.29, 0.717) is 0 Å². The second-order valence-corrected chi connectivity index (χ2v) is 12.8. The number of aryl methyl sites for hydroxylation is 1. The summed E-state index contributed by atoms with van der Waals surface area (Å²) in [5, 5.41) is 10.0. The van der Waals surface area contributed by atoms with E-state index < -0.39 is 38.1 Å². The quantitative estimate of drug-likeness (QED) is 0.450. The molecule has 8 nitrogen and oxygen atoms in total. The fraction of sp³-hybridized carbons (Fsp3) is 0.478. The van der Waals surface area contributed by atoms with Crippen LogP contribution in [0.25, 0.3) is 0 Å². The second kappa shape index (κ2) is 11.9. The number of likely N-dealkylation sites (N-methyl/N-ethyl adjacent to an activating group) is 1. The zero-order valence-electron chi connectivity index (χ0n) is 20.0. The third kappa shape index (κ3) is 6.78. The number of methoxy groups -OCH3 is 1. The lowest BCUT2D eigenvalue weighted by molar-refractivity contribution is 0.0360. The predicted molar refractivity (Wildman–Crippen MR) is 133 cm³/mol. The summed E-state index contributed by atoms with van der Waals surface area (Å²) < 4.78 is 60.6. The van der Waals surface area contributed by atoms with Gasteiger partial charge in [-0.25, -0.2) is 16.8 Å². The van der Waals surface area contributed by atoms with E-state index in [1.165, 1.54) is 34.9 Å². The van der Waals surface area contributed by atoms with E-state index in [1.807, 2.05) is 6.92 Å². The van der Waals surface area contributed by atoms with Crippen LogP contribution in [0.1, 0.15) is 19.4 Å². The fourth-order valence-corrected chi connectivity index (χ4v) is 6.71. The molecule has 0 fully saturated rings. The molecule has 0 saturated heterocycles. The van der Waals surface area contributed by atoms with E-state index in [4.69, 9.17) is 16.3 Å². The number of nitrogens with zero attached hydrogens (tertiary/aromatic N) is 2. The number of aliphatic hydroxyl groups excluding tert-OH is 1. The van der Waals surface area contributed by atoms with Gasteiger partial charge in [-0.1, -0.05) is 42.3 Å². The first kappa shape index (κ1) is 28.7. The van der Waals surface area contributed by atoms with Crippen LogP contribution in [-0.2, 0) is 24.8 Å². The number of sulfonamides is 2. The van der Waals surface area contributed by atoms with Gasteiger partial charge in [-0.3, -0.25) is 0 Å². The van der Waals surface area contributed by atoms with Crippen molar-refractivity contribution in [2.24, 2.45) is 5.92 Å². The summed E-state index contributed by atoms with van der Waals surface area (Å²) in [7, 11) is -4.81. The topological polar surface area (TPSA) is 104 Å². The molecule has 0 amide bonds. The van der Waals surface area contributed by atoms with Crippen molar-refractivity contribution in [2.45, 2.75) is 42.7 Å². The van der Waals surface area contributed by atoms with E-state index in [2.05, 4.69) is 0 Å². The molecule has 1 N–H and O–H groups in total. The van der Waals surface area contributed by atoms with Crippen molar-refractivity contribution >= 4 is 31.6 Å². The molecule has 0 aliphatic rings. The molecule has 0 unspecified atom stereocenters. The molecule has 3 atom stereocenters. The van der Waals surface area contributed by atoms with E-state index in [0.717, 1.165) is 5.56 Å². The summed E-state index contributed by atoms with van der Waals surface area (Å²) in [5.74, 6) is -0.399. The second-order valence-electron chi connectivity index (χ2n) is 8.41. The largest absolute Gasteiger partial charge is 0.395 e. The van der Waals surface area contributed by atoms with Gasteiger partial charge in [0.25, 0.3) is 0 Å². The molecule has 34 heavy (non-hydrogen) atoms. The van der Waals surface area contributed by atoms with Gasteiger partial charge in [-0.2, -0.15) is 8.61 Å². The third-order valence-corrected chi connectivity index (χ3v) is 9.78. The maximum atomic E-state index is 13.3. The standard InChI is InChI=1S/C23H33ClN2O6S2/c1-17-9-11-21(12-10-17)33(28,29)25(4)15-23(32-5)18(2)14-26(19(3)16-27)34(30,31)22-8-6-7-20(24)13-22/h6-13,18-19,23,27H,14-16H2,1-5H3/t18-,19-,23-/m0/s1. The molecule has 2 aromatic rings. The minimum Gasteiger partial charge on any atom is -0.395 e. The molecule has 0 heterocycles. The normalized spacial score (nSPS) is 15.4. The lowest BCUT2D eigenvalue weighted by Crippen LogP contribution is -2.47. The first-order valence-corrected chi connectivity index (χ1v) is 14.0. The highest BCUT2D eigenvalue weighted by molar-refractivity contribution is 7.89. The van der Waals surface area contributed by atoms with Crippen molar-refractivity contribution in [3.63, 3.8) is 0 Å². The summed E-state index contributed by atoms with van der Waals surface area (Å²) >= 11 is 5.99. The predicted octanol–water partition coefficient (Wildman–Crippen LogP) is 2.99. The third-order valence-electron chi connectivity index (χ3n) is 5.73. The van der Waals surface area contributed by atoms with Gasteiger partial charge in [0.05, 0.1) is 22.5 Å². The Bertz CT molecular complexity index is 1160. The van der Waals surface area contributed by atoms with Crippen molar-refractivity contribution in [2.75, 3.05) is 33.9 Å². The van der Waals surface area contributed by atoms with Crippen molar-refractivity contribution in [1.29, 1.82) is 0 Å². The number of rotatable bonds is 12. The summed E-state index contributed by atoms with van der Waals surface area (Å²) in [4.78, 5) is 0.183. The number of ether oxygens (including phenoxy) is 1. The van der Waals surface area contributed by atoms with Gasteiger partial charge in [0.1, 0.15) is 0 Å². The first-order chi connectivity index (χ1) is 15.8. The Morgan fingerprint density at radius 2 is 1.59 bits per heavy atom. The highest BCUT2D eigenvalue weighted by Gasteiger charge is 2.34. The van der Waals surface area contributed by atoms with Crippen LogP contribution in [0.4, 0.5) is 0 Å². The Hall–Kier alpha value is -1.53. The minimum absolute atomic E-state index is 0.00744. The van der Waals surface area contributed by atoms with Crippen LogP contribution in [0.2, 0.25) is 5.02 Å². The average Bonchev–Trinajstić information content (AvgIpc) is 2.80. The first-order valence-electron chi connectivity index (χ1n) is 10.8. The number of hydrogen-bond donors (Lipinski definition) is 1. The monoisotopic (exact) mass is 532 g/mol. The lowest BCUT2D eigenvalue weighted by atomic mass is 10.0. The Morgan fingerprint density at radius 1 is 0.971 bits per heavy atom. The van der Waals surface area contributed by atoms with Crippen molar-refractivity contribution in [3.05, 3.63) is 59.1 Å². The Balaban J connectivity index is 2.26. The molecule has 190 valence electrons. The molecule has 0 aliphatic carbocycles. The number of halogens is 1. The zero-order valence-corrected chi connectivity index (χ0v) is 22.4. The zero-order chi connectivity index (χ0) is 25.7. The Morgan fingerprint density at radius 3 is 2.12 bits per heavy atom. The van der Waals surface area contributed by atoms with Gasteiger partial charge in [0.2, 0.25) is 20.0 Å². The van der Waals surface area contributed by atoms with Gasteiger partial charge < -0.3 is 9.84 Å². The van der Waals surface area contributed by atoms with Gasteiger partial charge in [-0.05, 0) is 50.1 Å². The van der Waals surface area contributed by atoms with Gasteiger partial charge in [0.15, 0.2) is 0 Å². The van der Waals surface area contributed by atoms with E-state index in [9.17, 15) is 21.9 Å². The lowest BCUT2D eigenvalue weighted by Gasteiger charge is -2.33. The van der Waals surface area contributed by atoms with Crippen LogP contribution in [-0.4, -0.2) is 76.6 Å². The fourth-order valence-electron chi connectivity index (χ4n) is 3.50. The van der Waals surface area contributed by atoms with Crippen molar-refractivity contribution in [1.82, 2.24) is 8.61 Å². The van der Waals surface area contributed by atoms with Crippen LogP contribution in [0.15, 0.2) is 58.3 Å². The van der Waals surface area contributed by atoms with Crippen LogP contribution in [0, 0.1) is 12.8 Å². The van der Waals surface area contributed by atoms with E-state index in [1.54, 1.807) is 50.2 Å². The van der Waals surface area contributed by atoms with Gasteiger partial charge in [0, 0.05) is 38.3 Å². The van der Waals surface area contributed by atoms with Gasteiger partial charge in [-0.15, -0.1) is 0 Å². The van der Waals surface area contributed by atoms with Gasteiger partial charge >= 0.3 is 0 Å². The number of benzene rings is 2. The molecule has 11 heteroatoms. The highest BCUT2D eigenvalue weighted by Crippen LogP contribution is 2.25. The van der Waals surface area contributed by atoms with E-state index >= 15 is 0 Å². The molecule has 0 aromatic heterocycles. The van der Waals surface area contributed by atoms with E-state index in [-0.39, 0.29) is 34.5 Å². The molecule has 0 radical (unpaired) electrons. The number of hydrogen-bond acceptors (Lipinski definition) is 6. The number of aliphatic hydroxyl groups is 1. The summed E-state index contributed by atoms with van der Waals surface area (Å²) in [6.45, 7) is 4.90. The summed E-state index contributed by atoms with van der Waals surface area (Å²) in [5.41, 5.74) is 0.948. The molecule has 2 aromatic carbocycles. The maximum absolute atomic E-state index is 13.3. The molecule has 2 rings (SSSR count). The van der Waals surface area contributed by atoms with Crippen LogP contribution in [0.5, 0.6) is 0 Å². The molecule has 0 bridgehead atoms. The molecule has 0 saturated carbocycles. The van der Waals surface area contributed by atoms with Crippen molar-refractivity contribution in [3.8, 4) is 0 Å². The summed E-state index contributed by atoms with van der Waals surface area (Å²) in [6.07, 6.45) is -0.604. The molecule has 0 aliphatic heterocycles. The van der Waals surface area contributed by atoms with Crippen LogP contribution >= 0.6 is 11.6 Å². The van der Waals surface area contributed by atoms with Crippen LogP contribution < -0.4 is 0 Å². The minimum atomic E-state index is -3.97. The van der Waals surface area contributed by atoms with Crippen LogP contribution in [0.3, 0.4) is 0 Å². The summed E-state index contributed by atoms with van der Waals surface area (Å²) in [6, 6.07) is 11.8. The smallest absolute Gasteiger partial charge is 0.243 e. The Labute approximate surface area is 208 Å². The average molecular weight is 533 g/mol. The Kier molecular flexibility index (Phi) is 10.1. The molecular formula is C23H33ClN2O6S2. The highest BCUT2D eigenvalue weighted by atomic mass is 35.5. The SMILES string of the molecule is CO[C@@H](CN(C)S(=O)(=O)c1ccc(C)cc1)[C@@H](C)CN([C@@H](C)CO)S(=O)(=O)c1cccc(Cl)c1. The van der Waals surface area contributed by atoms with Crippen molar-refractivity contribution < 1.29 is 26.7 Å². The molecular weight excluding hydrogens is 500 g/mol.